The lowest BCUT2D eigenvalue weighted by Crippen LogP contribution is -2.30. The van der Waals surface area contributed by atoms with Gasteiger partial charge in [-0.05, 0) is 24.3 Å². The molecule has 0 radical (unpaired) electrons. The zero-order valence-electron chi connectivity index (χ0n) is 13.4. The van der Waals surface area contributed by atoms with Crippen LogP contribution in [0.3, 0.4) is 0 Å². The van der Waals surface area contributed by atoms with E-state index in [0.717, 1.165) is 11.3 Å². The van der Waals surface area contributed by atoms with E-state index in [0.29, 0.717) is 29.5 Å². The summed E-state index contributed by atoms with van der Waals surface area (Å²) in [4.78, 5) is 11.8. The highest BCUT2D eigenvalue weighted by atomic mass is 35.5. The SMILES string of the molecule is O=C(COc1ccc(Cl)cc1)NCCc1cc(-c2ccccc2)on1. The molecule has 0 saturated carbocycles. The summed E-state index contributed by atoms with van der Waals surface area (Å²) in [6.07, 6.45) is 0.586. The number of aromatic nitrogens is 1. The van der Waals surface area contributed by atoms with Crippen LogP contribution >= 0.6 is 11.6 Å². The van der Waals surface area contributed by atoms with Crippen LogP contribution in [0.25, 0.3) is 11.3 Å². The third-order valence-corrected chi connectivity index (χ3v) is 3.76. The summed E-state index contributed by atoms with van der Waals surface area (Å²) in [5, 5.41) is 7.44. The van der Waals surface area contributed by atoms with Crippen LogP contribution in [-0.2, 0) is 11.2 Å². The topological polar surface area (TPSA) is 64.4 Å². The lowest BCUT2D eigenvalue weighted by Gasteiger charge is -2.06. The Morgan fingerprint density at radius 3 is 2.64 bits per heavy atom. The lowest BCUT2D eigenvalue weighted by atomic mass is 10.1. The average molecular weight is 357 g/mol. The van der Waals surface area contributed by atoms with Gasteiger partial charge in [0.05, 0.1) is 5.69 Å². The predicted octanol–water partition coefficient (Wildman–Crippen LogP) is 3.73. The molecule has 3 rings (SSSR count). The van der Waals surface area contributed by atoms with Gasteiger partial charge >= 0.3 is 0 Å². The van der Waals surface area contributed by atoms with Gasteiger partial charge < -0.3 is 14.6 Å². The third-order valence-electron chi connectivity index (χ3n) is 3.50. The number of hydrogen-bond donors (Lipinski definition) is 1. The first-order valence-electron chi connectivity index (χ1n) is 7.87. The molecule has 25 heavy (non-hydrogen) atoms. The molecule has 0 bridgehead atoms. The molecule has 6 heteroatoms. The molecule has 0 aliphatic carbocycles. The van der Waals surface area contributed by atoms with Crippen LogP contribution in [0.15, 0.2) is 65.2 Å². The Kier molecular flexibility index (Phi) is 5.69. The van der Waals surface area contributed by atoms with Crippen LogP contribution < -0.4 is 10.1 Å². The van der Waals surface area contributed by atoms with Gasteiger partial charge in [0.15, 0.2) is 12.4 Å². The summed E-state index contributed by atoms with van der Waals surface area (Å²) < 4.78 is 10.7. The molecule has 2 aromatic carbocycles. The third kappa shape index (κ3) is 5.09. The molecule has 5 nitrogen and oxygen atoms in total. The highest BCUT2D eigenvalue weighted by molar-refractivity contribution is 6.30. The quantitative estimate of drug-likeness (QED) is 0.700. The Bertz CT molecular complexity index is 816. The number of ether oxygens (including phenoxy) is 1. The largest absolute Gasteiger partial charge is 0.484 e. The van der Waals surface area contributed by atoms with Gasteiger partial charge in [-0.2, -0.15) is 0 Å². The number of amides is 1. The number of carbonyl (C=O) groups excluding carboxylic acids is 1. The maximum absolute atomic E-state index is 11.8. The van der Waals surface area contributed by atoms with E-state index in [9.17, 15) is 4.79 Å². The Morgan fingerprint density at radius 2 is 1.88 bits per heavy atom. The maximum atomic E-state index is 11.8. The highest BCUT2D eigenvalue weighted by Gasteiger charge is 2.07. The van der Waals surface area contributed by atoms with Crippen molar-refractivity contribution < 1.29 is 14.1 Å². The number of carbonyl (C=O) groups is 1. The van der Waals surface area contributed by atoms with Crippen molar-refractivity contribution in [3.05, 3.63) is 71.4 Å². The van der Waals surface area contributed by atoms with E-state index in [4.69, 9.17) is 20.9 Å². The van der Waals surface area contributed by atoms with Crippen LogP contribution in [0.4, 0.5) is 0 Å². The Labute approximate surface area is 150 Å². The number of benzene rings is 2. The average Bonchev–Trinajstić information content (AvgIpc) is 3.11. The summed E-state index contributed by atoms with van der Waals surface area (Å²) in [6, 6.07) is 18.5. The molecule has 0 unspecified atom stereocenters. The minimum Gasteiger partial charge on any atom is -0.484 e. The standard InChI is InChI=1S/C19H17ClN2O3/c20-15-6-8-17(9-7-15)24-13-19(23)21-11-10-16-12-18(25-22-16)14-4-2-1-3-5-14/h1-9,12H,10-11,13H2,(H,21,23). The van der Waals surface area contributed by atoms with Crippen molar-refractivity contribution in [1.82, 2.24) is 10.5 Å². The van der Waals surface area contributed by atoms with Gasteiger partial charge in [-0.1, -0.05) is 47.1 Å². The first-order valence-corrected chi connectivity index (χ1v) is 8.24. The summed E-state index contributed by atoms with van der Waals surface area (Å²) in [5.41, 5.74) is 1.76. The second-order valence-electron chi connectivity index (χ2n) is 5.39. The van der Waals surface area contributed by atoms with Gasteiger partial charge in [0.2, 0.25) is 0 Å². The fourth-order valence-corrected chi connectivity index (χ4v) is 2.35. The van der Waals surface area contributed by atoms with E-state index in [-0.39, 0.29) is 12.5 Å². The highest BCUT2D eigenvalue weighted by Crippen LogP contribution is 2.19. The fourth-order valence-electron chi connectivity index (χ4n) is 2.23. The van der Waals surface area contributed by atoms with Gasteiger partial charge in [-0.3, -0.25) is 4.79 Å². The van der Waals surface area contributed by atoms with Crippen molar-refractivity contribution in [2.45, 2.75) is 6.42 Å². The van der Waals surface area contributed by atoms with Crippen LogP contribution in [-0.4, -0.2) is 24.2 Å². The van der Waals surface area contributed by atoms with Crippen molar-refractivity contribution in [3.63, 3.8) is 0 Å². The molecular weight excluding hydrogens is 340 g/mol. The smallest absolute Gasteiger partial charge is 0.257 e. The second kappa shape index (κ2) is 8.35. The van der Waals surface area contributed by atoms with Gasteiger partial charge in [0, 0.05) is 29.6 Å². The van der Waals surface area contributed by atoms with Crippen LogP contribution in [0.2, 0.25) is 5.02 Å². The zero-order chi connectivity index (χ0) is 17.5. The molecular formula is C19H17ClN2O3. The minimum absolute atomic E-state index is 0.0459. The maximum Gasteiger partial charge on any atom is 0.257 e. The summed E-state index contributed by atoms with van der Waals surface area (Å²) >= 11 is 5.79. The van der Waals surface area contributed by atoms with E-state index in [2.05, 4.69) is 10.5 Å². The molecule has 3 aromatic rings. The number of nitrogens with zero attached hydrogens (tertiary/aromatic N) is 1. The van der Waals surface area contributed by atoms with Crippen molar-refractivity contribution >= 4 is 17.5 Å². The first kappa shape index (κ1) is 17.0. The van der Waals surface area contributed by atoms with E-state index in [1.807, 2.05) is 36.4 Å². The molecule has 1 amide bonds. The molecule has 1 heterocycles. The molecule has 0 saturated heterocycles. The van der Waals surface area contributed by atoms with Crippen LogP contribution in [0.5, 0.6) is 5.75 Å². The summed E-state index contributed by atoms with van der Waals surface area (Å²) in [5.74, 6) is 1.12. The number of hydrogen-bond acceptors (Lipinski definition) is 4. The van der Waals surface area contributed by atoms with Crippen molar-refractivity contribution in [3.8, 4) is 17.1 Å². The van der Waals surface area contributed by atoms with Gasteiger partial charge in [0.25, 0.3) is 5.91 Å². The molecule has 0 fully saturated rings. The molecule has 0 atom stereocenters. The van der Waals surface area contributed by atoms with E-state index >= 15 is 0 Å². The molecule has 0 aliphatic rings. The normalized spacial score (nSPS) is 10.4. The zero-order valence-corrected chi connectivity index (χ0v) is 14.2. The van der Waals surface area contributed by atoms with E-state index in [1.54, 1.807) is 24.3 Å². The van der Waals surface area contributed by atoms with Crippen molar-refractivity contribution in [2.75, 3.05) is 13.2 Å². The van der Waals surface area contributed by atoms with E-state index < -0.39 is 0 Å². The monoisotopic (exact) mass is 356 g/mol. The van der Waals surface area contributed by atoms with Crippen LogP contribution in [0, 0.1) is 0 Å². The molecule has 128 valence electrons. The Morgan fingerprint density at radius 1 is 1.12 bits per heavy atom. The number of halogens is 1. The van der Waals surface area contributed by atoms with E-state index in [1.165, 1.54) is 0 Å². The first-order chi connectivity index (χ1) is 12.2. The summed E-state index contributed by atoms with van der Waals surface area (Å²) in [6.45, 7) is 0.416. The number of nitrogens with one attached hydrogen (secondary N) is 1. The van der Waals surface area contributed by atoms with Gasteiger partial charge in [-0.15, -0.1) is 0 Å². The predicted molar refractivity (Wildman–Crippen MR) is 95.6 cm³/mol. The van der Waals surface area contributed by atoms with Crippen molar-refractivity contribution in [2.24, 2.45) is 0 Å². The Hall–Kier alpha value is -2.79. The fraction of sp³-hybridized carbons (Fsp3) is 0.158. The lowest BCUT2D eigenvalue weighted by molar-refractivity contribution is -0.123. The van der Waals surface area contributed by atoms with Gasteiger partial charge in [-0.25, -0.2) is 0 Å². The molecule has 1 aromatic heterocycles. The van der Waals surface area contributed by atoms with Crippen molar-refractivity contribution in [1.29, 1.82) is 0 Å². The molecule has 1 N–H and O–H groups in total. The molecule has 0 aliphatic heterocycles. The summed E-state index contributed by atoms with van der Waals surface area (Å²) in [7, 11) is 0. The Balaban J connectivity index is 1.41. The minimum atomic E-state index is -0.193. The molecule has 0 spiro atoms. The number of rotatable bonds is 7. The van der Waals surface area contributed by atoms with Gasteiger partial charge in [0.1, 0.15) is 5.75 Å². The van der Waals surface area contributed by atoms with Crippen LogP contribution in [0.1, 0.15) is 5.69 Å². The second-order valence-corrected chi connectivity index (χ2v) is 5.83.